The summed E-state index contributed by atoms with van der Waals surface area (Å²) >= 11 is 3.31. The minimum absolute atomic E-state index is 0.0637. The summed E-state index contributed by atoms with van der Waals surface area (Å²) in [6.07, 6.45) is 0.717. The molecule has 1 atom stereocenters. The first-order valence-electron chi connectivity index (χ1n) is 9.46. The normalized spacial score (nSPS) is 13.4. The molecule has 1 amide bonds. The first-order valence-corrected chi connectivity index (χ1v) is 10.3. The number of aryl methyl sites for hydroxylation is 1. The second kappa shape index (κ2) is 8.31. The van der Waals surface area contributed by atoms with Gasteiger partial charge in [-0.2, -0.15) is 5.10 Å². The van der Waals surface area contributed by atoms with Gasteiger partial charge in [0.15, 0.2) is 0 Å². The lowest BCUT2D eigenvalue weighted by atomic mass is 9.98. The number of carbonyl (C=O) groups excluding carboxylic acids is 1. The first kappa shape index (κ1) is 20.2. The summed E-state index contributed by atoms with van der Waals surface area (Å²) in [5.74, 6) is -1.10. The Bertz CT molecular complexity index is 1070. The van der Waals surface area contributed by atoms with Gasteiger partial charge in [-0.15, -0.1) is 0 Å². The van der Waals surface area contributed by atoms with Crippen LogP contribution in [0.4, 0.5) is 4.79 Å². The lowest BCUT2D eigenvalue weighted by molar-refractivity contribution is -0.137. The molecule has 0 spiro atoms. The van der Waals surface area contributed by atoms with E-state index in [-0.39, 0.29) is 18.9 Å². The summed E-state index contributed by atoms with van der Waals surface area (Å²) in [5.41, 5.74) is 5.09. The van der Waals surface area contributed by atoms with Crippen molar-refractivity contribution in [2.24, 2.45) is 7.05 Å². The zero-order valence-electron chi connectivity index (χ0n) is 16.2. The second-order valence-electron chi connectivity index (χ2n) is 7.17. The molecule has 0 saturated carbocycles. The predicted molar refractivity (Wildman–Crippen MR) is 114 cm³/mol. The van der Waals surface area contributed by atoms with E-state index in [4.69, 9.17) is 4.74 Å². The number of amides is 1. The molecule has 0 radical (unpaired) electrons. The third-order valence-corrected chi connectivity index (χ3v) is 5.82. The van der Waals surface area contributed by atoms with Gasteiger partial charge in [-0.05, 0) is 38.2 Å². The van der Waals surface area contributed by atoms with Crippen molar-refractivity contribution in [1.29, 1.82) is 0 Å². The van der Waals surface area contributed by atoms with Crippen LogP contribution in [0, 0.1) is 0 Å². The zero-order valence-corrected chi connectivity index (χ0v) is 17.8. The molecule has 1 unspecified atom stereocenters. The van der Waals surface area contributed by atoms with Gasteiger partial charge in [0, 0.05) is 24.7 Å². The number of halogens is 1. The lowest BCUT2D eigenvalue weighted by Gasteiger charge is -2.18. The number of ether oxygens (including phenoxy) is 1. The van der Waals surface area contributed by atoms with E-state index in [1.165, 1.54) is 0 Å². The number of nitrogens with zero attached hydrogens (tertiary/aromatic N) is 2. The number of aromatic nitrogens is 2. The van der Waals surface area contributed by atoms with Gasteiger partial charge >= 0.3 is 12.1 Å². The monoisotopic (exact) mass is 469 g/mol. The highest BCUT2D eigenvalue weighted by Gasteiger charge is 2.30. The second-order valence-corrected chi connectivity index (χ2v) is 7.92. The smallest absolute Gasteiger partial charge is 0.407 e. The van der Waals surface area contributed by atoms with Crippen molar-refractivity contribution < 1.29 is 19.4 Å². The number of rotatable bonds is 6. The van der Waals surface area contributed by atoms with E-state index in [1.54, 1.807) is 17.9 Å². The molecule has 1 aliphatic carbocycles. The zero-order chi connectivity index (χ0) is 21.3. The van der Waals surface area contributed by atoms with Crippen molar-refractivity contribution in [2.45, 2.75) is 18.4 Å². The van der Waals surface area contributed by atoms with Crippen molar-refractivity contribution in [1.82, 2.24) is 15.1 Å². The van der Waals surface area contributed by atoms with E-state index in [0.29, 0.717) is 10.2 Å². The minimum Gasteiger partial charge on any atom is -0.481 e. The standard InChI is InChI=1S/C22H20BrN3O4/c1-26-11-17(21(23)25-26)19(10-20(27)28)24-22(29)30-12-18-15-8-4-2-6-13(15)14-7-3-5-9-16(14)18/h2-9,11,18-19H,10,12H2,1H3,(H,24,29)(H,27,28). The molecule has 154 valence electrons. The fourth-order valence-corrected chi connectivity index (χ4v) is 4.54. The third-order valence-electron chi connectivity index (χ3n) is 5.20. The molecule has 30 heavy (non-hydrogen) atoms. The molecule has 3 aromatic rings. The van der Waals surface area contributed by atoms with Crippen LogP contribution in [0.15, 0.2) is 59.3 Å². The molecule has 0 fully saturated rings. The number of hydrogen-bond acceptors (Lipinski definition) is 4. The molecule has 4 rings (SSSR count). The SMILES string of the molecule is Cn1cc(C(CC(=O)O)NC(=O)OCC2c3ccccc3-c3ccccc32)c(Br)n1. The molecular formula is C22H20BrN3O4. The molecule has 2 aromatic carbocycles. The van der Waals surface area contributed by atoms with Crippen molar-refractivity contribution >= 4 is 28.0 Å². The summed E-state index contributed by atoms with van der Waals surface area (Å²) < 4.78 is 7.57. The van der Waals surface area contributed by atoms with Gasteiger partial charge in [-0.25, -0.2) is 4.79 Å². The number of benzene rings is 2. The van der Waals surface area contributed by atoms with Crippen LogP contribution < -0.4 is 5.32 Å². The van der Waals surface area contributed by atoms with Gasteiger partial charge in [0.25, 0.3) is 0 Å². The molecule has 1 heterocycles. The Hall–Kier alpha value is -3.13. The van der Waals surface area contributed by atoms with Crippen molar-refractivity contribution in [3.8, 4) is 11.1 Å². The minimum atomic E-state index is -1.03. The maximum Gasteiger partial charge on any atom is 0.407 e. The van der Waals surface area contributed by atoms with E-state index in [2.05, 4.69) is 38.5 Å². The molecule has 1 aromatic heterocycles. The Morgan fingerprint density at radius 1 is 1.17 bits per heavy atom. The van der Waals surface area contributed by atoms with Crippen LogP contribution >= 0.6 is 15.9 Å². The first-order chi connectivity index (χ1) is 14.4. The van der Waals surface area contributed by atoms with Gasteiger partial charge in [-0.1, -0.05) is 48.5 Å². The molecule has 1 aliphatic rings. The highest BCUT2D eigenvalue weighted by Crippen LogP contribution is 2.44. The average Bonchev–Trinajstić information content (AvgIpc) is 3.22. The Kier molecular flexibility index (Phi) is 5.59. The highest BCUT2D eigenvalue weighted by atomic mass is 79.9. The quantitative estimate of drug-likeness (QED) is 0.562. The van der Waals surface area contributed by atoms with Crippen molar-refractivity contribution in [3.05, 3.63) is 76.0 Å². The van der Waals surface area contributed by atoms with Crippen molar-refractivity contribution in [2.75, 3.05) is 6.61 Å². The Morgan fingerprint density at radius 3 is 2.30 bits per heavy atom. The Morgan fingerprint density at radius 2 is 1.77 bits per heavy atom. The molecule has 8 heteroatoms. The number of nitrogens with one attached hydrogen (secondary N) is 1. The van der Waals surface area contributed by atoms with Crippen LogP contribution in [0.3, 0.4) is 0 Å². The Balaban J connectivity index is 1.49. The Labute approximate surface area is 181 Å². The maximum atomic E-state index is 12.5. The number of hydrogen-bond donors (Lipinski definition) is 2. The summed E-state index contributed by atoms with van der Waals surface area (Å²) in [5, 5.41) is 16.1. The molecule has 0 saturated heterocycles. The predicted octanol–water partition coefficient (Wildman–Crippen LogP) is 4.24. The van der Waals surface area contributed by atoms with Gasteiger partial charge in [-0.3, -0.25) is 9.48 Å². The highest BCUT2D eigenvalue weighted by molar-refractivity contribution is 9.10. The fourth-order valence-electron chi connectivity index (χ4n) is 3.91. The molecule has 7 nitrogen and oxygen atoms in total. The van der Waals surface area contributed by atoms with Crippen LogP contribution in [0.2, 0.25) is 0 Å². The number of alkyl carbamates (subject to hydrolysis) is 1. The van der Waals surface area contributed by atoms with E-state index >= 15 is 0 Å². The number of fused-ring (bicyclic) bond motifs is 3. The van der Waals surface area contributed by atoms with E-state index in [0.717, 1.165) is 22.3 Å². The number of carboxylic acids is 1. The number of carbonyl (C=O) groups is 2. The third kappa shape index (κ3) is 3.95. The van der Waals surface area contributed by atoms with E-state index in [9.17, 15) is 14.7 Å². The van der Waals surface area contributed by atoms with Crippen LogP contribution in [0.1, 0.15) is 35.1 Å². The van der Waals surface area contributed by atoms with Crippen LogP contribution in [0.5, 0.6) is 0 Å². The number of aliphatic carboxylic acids is 1. The van der Waals surface area contributed by atoms with Gasteiger partial charge in [0.05, 0.1) is 12.5 Å². The van der Waals surface area contributed by atoms with Gasteiger partial charge in [0.2, 0.25) is 0 Å². The molecular weight excluding hydrogens is 450 g/mol. The number of carboxylic acid groups (broad SMARTS) is 1. The average molecular weight is 470 g/mol. The van der Waals surface area contributed by atoms with Gasteiger partial charge in [0.1, 0.15) is 11.2 Å². The van der Waals surface area contributed by atoms with E-state index < -0.39 is 18.1 Å². The fraction of sp³-hybridized carbons (Fsp3) is 0.227. The molecule has 0 bridgehead atoms. The molecule has 0 aliphatic heterocycles. The van der Waals surface area contributed by atoms with Crippen LogP contribution in [-0.4, -0.2) is 33.6 Å². The van der Waals surface area contributed by atoms with Crippen LogP contribution in [-0.2, 0) is 16.6 Å². The van der Waals surface area contributed by atoms with Crippen molar-refractivity contribution in [3.63, 3.8) is 0 Å². The largest absolute Gasteiger partial charge is 0.481 e. The van der Waals surface area contributed by atoms with E-state index in [1.807, 2.05) is 36.4 Å². The molecule has 2 N–H and O–H groups in total. The summed E-state index contributed by atoms with van der Waals surface area (Å²) in [7, 11) is 1.72. The maximum absolute atomic E-state index is 12.5. The summed E-state index contributed by atoms with van der Waals surface area (Å²) in [4.78, 5) is 23.8. The summed E-state index contributed by atoms with van der Waals surface area (Å²) in [6, 6.07) is 15.4. The lowest BCUT2D eigenvalue weighted by Crippen LogP contribution is -2.31. The summed E-state index contributed by atoms with van der Waals surface area (Å²) in [6.45, 7) is 0.161. The topological polar surface area (TPSA) is 93.5 Å². The van der Waals surface area contributed by atoms with Crippen LogP contribution in [0.25, 0.3) is 11.1 Å². The van der Waals surface area contributed by atoms with Gasteiger partial charge < -0.3 is 15.2 Å².